The lowest BCUT2D eigenvalue weighted by Crippen LogP contribution is -2.74. The molecule has 0 saturated carbocycles. The Kier molecular flexibility index (Phi) is 10.1. The van der Waals surface area contributed by atoms with E-state index >= 15 is 0 Å². The fourth-order valence-corrected chi connectivity index (χ4v) is 9.74. The number of rotatable bonds is 6. The summed E-state index contributed by atoms with van der Waals surface area (Å²) in [7, 11) is 0. The summed E-state index contributed by atoms with van der Waals surface area (Å²) in [6.45, 7) is 4.47. The van der Waals surface area contributed by atoms with Gasteiger partial charge in [0.25, 0.3) is 0 Å². The van der Waals surface area contributed by atoms with E-state index in [0.29, 0.717) is 0 Å². The molecule has 1 fully saturated rings. The molecule has 3 nitrogen and oxygen atoms in total. The molecule has 258 valence electrons. The zero-order valence-electron chi connectivity index (χ0n) is 29.7. The lowest BCUT2D eigenvalue weighted by Gasteiger charge is -2.44. The minimum Gasteiger partial charge on any atom is -0.289 e. The SMILES string of the molecule is O=c1c2ccccc2sc2ccc(C[N+]3=C4CCCCCN4CCC3)cc12.c1ccc([B-](c2ccccc2)(c2ccccc2)c2ccccc2)cc1. The molecule has 0 atom stereocenters. The van der Waals surface area contributed by atoms with Crippen molar-refractivity contribution >= 4 is 65.3 Å². The number of fused-ring (bicyclic) bond motifs is 3. The van der Waals surface area contributed by atoms with Crippen molar-refractivity contribution < 1.29 is 4.58 Å². The average molecular weight is 697 g/mol. The maximum Gasteiger partial charge on any atom is 0.247 e. The van der Waals surface area contributed by atoms with Crippen molar-refractivity contribution in [2.75, 3.05) is 19.6 Å². The molecule has 1 saturated heterocycles. The highest BCUT2D eigenvalue weighted by atomic mass is 32.1. The average Bonchev–Trinajstić information content (AvgIpc) is 3.47. The number of benzene rings is 6. The van der Waals surface area contributed by atoms with Crippen molar-refractivity contribution in [2.24, 2.45) is 0 Å². The second kappa shape index (κ2) is 15.6. The van der Waals surface area contributed by atoms with Gasteiger partial charge in [-0.15, -0.1) is 11.3 Å². The van der Waals surface area contributed by atoms with Gasteiger partial charge in [0.05, 0.1) is 19.6 Å². The van der Waals surface area contributed by atoms with Crippen molar-refractivity contribution in [3.05, 3.63) is 180 Å². The van der Waals surface area contributed by atoms with Crippen molar-refractivity contribution in [1.82, 2.24) is 4.90 Å². The molecule has 3 heterocycles. The Morgan fingerprint density at radius 1 is 0.538 bits per heavy atom. The van der Waals surface area contributed by atoms with Crippen LogP contribution in [0.25, 0.3) is 20.2 Å². The molecule has 6 aromatic carbocycles. The van der Waals surface area contributed by atoms with Crippen LogP contribution in [0.5, 0.6) is 0 Å². The highest BCUT2D eigenvalue weighted by Crippen LogP contribution is 2.26. The molecule has 7 aromatic rings. The zero-order valence-corrected chi connectivity index (χ0v) is 30.6. The second-order valence-corrected chi connectivity index (χ2v) is 15.3. The normalized spacial score (nSPS) is 14.7. The number of hydrogen-bond donors (Lipinski definition) is 0. The first-order valence-electron chi connectivity index (χ1n) is 18.9. The van der Waals surface area contributed by atoms with E-state index in [1.54, 1.807) is 11.3 Å². The molecule has 0 radical (unpaired) electrons. The van der Waals surface area contributed by atoms with Crippen LogP contribution in [0.3, 0.4) is 0 Å². The molecule has 0 unspecified atom stereocenters. The van der Waals surface area contributed by atoms with E-state index in [9.17, 15) is 4.79 Å². The Labute approximate surface area is 311 Å². The van der Waals surface area contributed by atoms with Gasteiger partial charge in [-0.1, -0.05) is 140 Å². The van der Waals surface area contributed by atoms with Crippen molar-refractivity contribution in [2.45, 2.75) is 38.6 Å². The summed E-state index contributed by atoms with van der Waals surface area (Å²) in [4.78, 5) is 15.6. The van der Waals surface area contributed by atoms with Crippen LogP contribution in [0, 0.1) is 0 Å². The third kappa shape index (κ3) is 6.74. The predicted molar refractivity (Wildman–Crippen MR) is 224 cm³/mol. The van der Waals surface area contributed by atoms with Gasteiger partial charge in [-0.25, -0.2) is 0 Å². The molecule has 0 N–H and O–H groups in total. The number of nitrogens with zero attached hydrogens (tertiary/aromatic N) is 2. The van der Waals surface area contributed by atoms with E-state index in [1.165, 1.54) is 78.4 Å². The van der Waals surface area contributed by atoms with Crippen LogP contribution >= 0.6 is 11.3 Å². The number of amidine groups is 1. The van der Waals surface area contributed by atoms with Crippen LogP contribution in [-0.4, -0.2) is 41.1 Å². The summed E-state index contributed by atoms with van der Waals surface area (Å²) in [6, 6.07) is 58.0. The maximum absolute atomic E-state index is 13.0. The first kappa shape index (κ1) is 33.9. The van der Waals surface area contributed by atoms with Gasteiger partial charge < -0.3 is 0 Å². The lowest BCUT2D eigenvalue weighted by atomic mass is 9.13. The maximum atomic E-state index is 13.0. The van der Waals surface area contributed by atoms with Crippen LogP contribution < -0.4 is 27.3 Å². The standard InChI is InChI=1S/C24H20B.C23H25N2OS/c1-5-13-21(14-6-1)25(22-15-7-2-8-16-22,23-17-9-3-10-18-23)24-19-11-4-12-20-24;26-23-18-7-3-4-8-20(18)27-21-11-10-17(15-19(21)23)16-25-14-6-13-24-12-5-1-2-9-22(24)25/h1-20H;3-4,7-8,10-11,15H,1-2,5-6,9,12-14,16H2/q-1;+1. The van der Waals surface area contributed by atoms with Gasteiger partial charge in [-0.05, 0) is 49.1 Å². The zero-order chi connectivity index (χ0) is 35.2. The van der Waals surface area contributed by atoms with Crippen LogP contribution in [-0.2, 0) is 6.54 Å². The van der Waals surface area contributed by atoms with Gasteiger partial charge in [0.15, 0.2) is 5.43 Å². The fraction of sp³-hybridized carbons (Fsp3) is 0.191. The highest BCUT2D eigenvalue weighted by Gasteiger charge is 2.31. The molecule has 2 aliphatic heterocycles. The molecule has 0 spiro atoms. The van der Waals surface area contributed by atoms with Gasteiger partial charge in [-0.2, -0.15) is 21.9 Å². The molecule has 0 aliphatic carbocycles. The molecule has 52 heavy (non-hydrogen) atoms. The van der Waals surface area contributed by atoms with E-state index in [1.807, 2.05) is 24.3 Å². The smallest absolute Gasteiger partial charge is 0.247 e. The molecule has 2 aliphatic rings. The highest BCUT2D eigenvalue weighted by molar-refractivity contribution is 7.24. The summed E-state index contributed by atoms with van der Waals surface area (Å²) < 4.78 is 4.72. The molecular formula is C47H45BN2OS. The quantitative estimate of drug-likeness (QED) is 0.101. The topological polar surface area (TPSA) is 23.3 Å². The lowest BCUT2D eigenvalue weighted by molar-refractivity contribution is -0.555. The first-order chi connectivity index (χ1) is 25.7. The molecular weight excluding hydrogens is 651 g/mol. The summed E-state index contributed by atoms with van der Waals surface area (Å²) in [6.07, 6.45) is 5.19. The summed E-state index contributed by atoms with van der Waals surface area (Å²) in [5, 5.41) is 1.71. The summed E-state index contributed by atoms with van der Waals surface area (Å²) >= 11 is 1.71. The third-order valence-corrected chi connectivity index (χ3v) is 12.3. The van der Waals surface area contributed by atoms with Gasteiger partial charge in [-0.3, -0.25) is 14.3 Å². The Balaban J connectivity index is 0.000000149. The van der Waals surface area contributed by atoms with Crippen LogP contribution in [0.2, 0.25) is 0 Å². The van der Waals surface area contributed by atoms with E-state index in [4.69, 9.17) is 0 Å². The second-order valence-electron chi connectivity index (χ2n) is 14.3. The largest absolute Gasteiger partial charge is 0.289 e. The first-order valence-corrected chi connectivity index (χ1v) is 19.7. The van der Waals surface area contributed by atoms with Crippen LogP contribution in [0.15, 0.2) is 169 Å². The van der Waals surface area contributed by atoms with Gasteiger partial charge in [0.1, 0.15) is 12.7 Å². The summed E-state index contributed by atoms with van der Waals surface area (Å²) in [5.74, 6) is 1.53. The predicted octanol–water partition coefficient (Wildman–Crippen LogP) is 7.67. The number of hydrogen-bond acceptors (Lipinski definition) is 3. The molecule has 5 heteroatoms. The van der Waals surface area contributed by atoms with E-state index < -0.39 is 6.15 Å². The Morgan fingerprint density at radius 3 is 1.65 bits per heavy atom. The van der Waals surface area contributed by atoms with Crippen molar-refractivity contribution in [1.29, 1.82) is 0 Å². The summed E-state index contributed by atoms with van der Waals surface area (Å²) in [5.41, 5.74) is 6.78. The molecule has 1 aromatic heterocycles. The Bertz CT molecular complexity index is 2200. The van der Waals surface area contributed by atoms with Gasteiger partial charge in [0.2, 0.25) is 5.84 Å². The van der Waals surface area contributed by atoms with E-state index in [2.05, 4.69) is 149 Å². The van der Waals surface area contributed by atoms with Gasteiger partial charge >= 0.3 is 0 Å². The molecule has 0 amide bonds. The monoisotopic (exact) mass is 696 g/mol. The fourth-order valence-electron chi connectivity index (χ4n) is 8.69. The minimum atomic E-state index is -1.22. The van der Waals surface area contributed by atoms with Crippen LogP contribution in [0.4, 0.5) is 0 Å². The van der Waals surface area contributed by atoms with Gasteiger partial charge in [0, 0.05) is 33.0 Å². The van der Waals surface area contributed by atoms with Crippen molar-refractivity contribution in [3.63, 3.8) is 0 Å². The van der Waals surface area contributed by atoms with Crippen LogP contribution in [0.1, 0.15) is 37.7 Å². The minimum absolute atomic E-state index is 0.170. The Morgan fingerprint density at radius 2 is 1.06 bits per heavy atom. The molecule has 9 rings (SSSR count). The Hall–Kier alpha value is -5.26. The van der Waals surface area contributed by atoms with E-state index in [-0.39, 0.29) is 5.43 Å². The third-order valence-electron chi connectivity index (χ3n) is 11.1. The molecule has 0 bridgehead atoms. The van der Waals surface area contributed by atoms with E-state index in [0.717, 1.165) is 33.3 Å². The van der Waals surface area contributed by atoms with Crippen molar-refractivity contribution in [3.8, 4) is 0 Å².